The first kappa shape index (κ1) is 12.6. The molecule has 1 fully saturated rings. The second-order valence-electron chi connectivity index (χ2n) is 5.32. The molecule has 0 bridgehead atoms. The second kappa shape index (κ2) is 5.17. The molecule has 1 N–H and O–H groups in total. The molecule has 3 heteroatoms. The minimum atomic E-state index is -0.640. The van der Waals surface area contributed by atoms with E-state index in [0.717, 1.165) is 19.7 Å². The smallest absolute Gasteiger partial charge is 0.0952 e. The number of morpholine rings is 1. The highest BCUT2D eigenvalue weighted by atomic mass is 16.5. The molecule has 0 radical (unpaired) electrons. The van der Waals surface area contributed by atoms with Crippen molar-refractivity contribution in [1.82, 2.24) is 4.90 Å². The van der Waals surface area contributed by atoms with Crippen LogP contribution in [0.1, 0.15) is 25.5 Å². The first-order valence-corrected chi connectivity index (χ1v) is 6.16. The SMILES string of the molecule is CC(C)(O)CN1CCOC(c2ccccc2)C1. The maximum atomic E-state index is 9.84. The van der Waals surface area contributed by atoms with Gasteiger partial charge in [-0.15, -0.1) is 0 Å². The Hall–Kier alpha value is -0.900. The van der Waals surface area contributed by atoms with Crippen LogP contribution in [0.4, 0.5) is 0 Å². The van der Waals surface area contributed by atoms with Crippen molar-refractivity contribution < 1.29 is 9.84 Å². The van der Waals surface area contributed by atoms with Crippen molar-refractivity contribution in [3.05, 3.63) is 35.9 Å². The van der Waals surface area contributed by atoms with E-state index in [0.29, 0.717) is 6.54 Å². The fourth-order valence-electron chi connectivity index (χ4n) is 2.26. The fourth-order valence-corrected chi connectivity index (χ4v) is 2.26. The third-order valence-electron chi connectivity index (χ3n) is 2.93. The van der Waals surface area contributed by atoms with Gasteiger partial charge in [-0.2, -0.15) is 0 Å². The second-order valence-corrected chi connectivity index (χ2v) is 5.32. The lowest BCUT2D eigenvalue weighted by atomic mass is 10.1. The Bertz CT molecular complexity index is 345. The molecule has 0 aromatic heterocycles. The van der Waals surface area contributed by atoms with Gasteiger partial charge in [0.2, 0.25) is 0 Å². The van der Waals surface area contributed by atoms with Gasteiger partial charge in [-0.1, -0.05) is 30.3 Å². The summed E-state index contributed by atoms with van der Waals surface area (Å²) < 4.78 is 5.79. The van der Waals surface area contributed by atoms with Crippen LogP contribution < -0.4 is 0 Å². The number of hydrogen-bond acceptors (Lipinski definition) is 3. The summed E-state index contributed by atoms with van der Waals surface area (Å²) in [5, 5.41) is 9.84. The fraction of sp³-hybridized carbons (Fsp3) is 0.571. The summed E-state index contributed by atoms with van der Waals surface area (Å²) in [6.45, 7) is 6.87. The van der Waals surface area contributed by atoms with Gasteiger partial charge in [0.1, 0.15) is 0 Å². The van der Waals surface area contributed by atoms with Crippen molar-refractivity contribution in [2.45, 2.75) is 25.6 Å². The van der Waals surface area contributed by atoms with E-state index in [4.69, 9.17) is 4.74 Å². The molecule has 1 heterocycles. The Morgan fingerprint density at radius 3 is 2.71 bits per heavy atom. The van der Waals surface area contributed by atoms with E-state index in [1.165, 1.54) is 5.56 Å². The maximum absolute atomic E-state index is 9.84. The van der Waals surface area contributed by atoms with E-state index >= 15 is 0 Å². The van der Waals surface area contributed by atoms with Gasteiger partial charge in [-0.25, -0.2) is 0 Å². The first-order chi connectivity index (χ1) is 8.04. The van der Waals surface area contributed by atoms with Gasteiger partial charge in [0, 0.05) is 19.6 Å². The van der Waals surface area contributed by atoms with Crippen molar-refractivity contribution in [2.24, 2.45) is 0 Å². The number of rotatable bonds is 3. The van der Waals surface area contributed by atoms with Crippen LogP contribution in [0.15, 0.2) is 30.3 Å². The molecule has 1 aliphatic rings. The Labute approximate surface area is 103 Å². The first-order valence-electron chi connectivity index (χ1n) is 6.16. The normalized spacial score (nSPS) is 22.6. The molecular weight excluding hydrogens is 214 g/mol. The van der Waals surface area contributed by atoms with E-state index in [-0.39, 0.29) is 6.10 Å². The molecule has 0 aliphatic carbocycles. The van der Waals surface area contributed by atoms with Crippen molar-refractivity contribution in [3.8, 4) is 0 Å². The Morgan fingerprint density at radius 1 is 1.35 bits per heavy atom. The van der Waals surface area contributed by atoms with Gasteiger partial charge in [-0.3, -0.25) is 4.90 Å². The summed E-state index contributed by atoms with van der Waals surface area (Å²) in [4.78, 5) is 2.27. The van der Waals surface area contributed by atoms with E-state index in [2.05, 4.69) is 17.0 Å². The number of ether oxygens (including phenoxy) is 1. The molecule has 1 aromatic rings. The molecule has 0 saturated carbocycles. The molecule has 1 aliphatic heterocycles. The zero-order valence-electron chi connectivity index (χ0n) is 10.6. The van der Waals surface area contributed by atoms with E-state index < -0.39 is 5.60 Å². The van der Waals surface area contributed by atoms with Crippen LogP contribution in [-0.2, 0) is 4.74 Å². The summed E-state index contributed by atoms with van der Waals surface area (Å²) in [5.41, 5.74) is 0.575. The summed E-state index contributed by atoms with van der Waals surface area (Å²) >= 11 is 0. The molecule has 17 heavy (non-hydrogen) atoms. The van der Waals surface area contributed by atoms with Crippen LogP contribution in [0.25, 0.3) is 0 Å². The molecule has 1 aromatic carbocycles. The monoisotopic (exact) mass is 235 g/mol. The largest absolute Gasteiger partial charge is 0.389 e. The maximum Gasteiger partial charge on any atom is 0.0952 e. The lowest BCUT2D eigenvalue weighted by molar-refractivity contribution is -0.0563. The van der Waals surface area contributed by atoms with Crippen molar-refractivity contribution >= 4 is 0 Å². The standard InChI is InChI=1S/C14H21NO2/c1-14(2,16)11-15-8-9-17-13(10-15)12-6-4-3-5-7-12/h3-7,13,16H,8-11H2,1-2H3. The number of benzene rings is 1. The lowest BCUT2D eigenvalue weighted by Gasteiger charge is -2.36. The van der Waals surface area contributed by atoms with Gasteiger partial charge in [-0.05, 0) is 19.4 Å². The summed E-state index contributed by atoms with van der Waals surface area (Å²) in [5.74, 6) is 0. The third kappa shape index (κ3) is 3.80. The van der Waals surface area contributed by atoms with Crippen LogP contribution in [0.3, 0.4) is 0 Å². The van der Waals surface area contributed by atoms with Gasteiger partial charge in [0.05, 0.1) is 18.3 Å². The van der Waals surface area contributed by atoms with Crippen molar-refractivity contribution in [1.29, 1.82) is 0 Å². The van der Waals surface area contributed by atoms with Crippen LogP contribution >= 0.6 is 0 Å². The zero-order chi connectivity index (χ0) is 12.3. The van der Waals surface area contributed by atoms with Crippen LogP contribution in [0.5, 0.6) is 0 Å². The molecule has 94 valence electrons. The van der Waals surface area contributed by atoms with E-state index in [1.54, 1.807) is 0 Å². The number of hydrogen-bond donors (Lipinski definition) is 1. The molecule has 1 atom stereocenters. The van der Waals surface area contributed by atoms with Gasteiger partial charge in [0.15, 0.2) is 0 Å². The predicted molar refractivity (Wildman–Crippen MR) is 67.9 cm³/mol. The van der Waals surface area contributed by atoms with Crippen molar-refractivity contribution in [3.63, 3.8) is 0 Å². The average molecular weight is 235 g/mol. The molecule has 2 rings (SSSR count). The van der Waals surface area contributed by atoms with Gasteiger partial charge < -0.3 is 9.84 Å². The molecule has 1 unspecified atom stereocenters. The predicted octanol–water partition coefficient (Wildman–Crippen LogP) is 1.83. The Morgan fingerprint density at radius 2 is 2.06 bits per heavy atom. The Kier molecular flexibility index (Phi) is 3.82. The molecule has 1 saturated heterocycles. The number of β-amino-alcohol motifs (C(OH)–C–C–N with tert-alkyl or cyclic N) is 1. The van der Waals surface area contributed by atoms with Gasteiger partial charge >= 0.3 is 0 Å². The Balaban J connectivity index is 1.98. The van der Waals surface area contributed by atoms with Gasteiger partial charge in [0.25, 0.3) is 0 Å². The average Bonchev–Trinajstić information content (AvgIpc) is 2.28. The van der Waals surface area contributed by atoms with E-state index in [9.17, 15) is 5.11 Å². The highest BCUT2D eigenvalue weighted by Gasteiger charge is 2.25. The van der Waals surface area contributed by atoms with Crippen LogP contribution in [0, 0.1) is 0 Å². The van der Waals surface area contributed by atoms with Crippen LogP contribution in [0.2, 0.25) is 0 Å². The highest BCUT2D eigenvalue weighted by Crippen LogP contribution is 2.22. The van der Waals surface area contributed by atoms with Crippen LogP contribution in [-0.4, -0.2) is 41.8 Å². The quantitative estimate of drug-likeness (QED) is 0.867. The minimum Gasteiger partial charge on any atom is -0.389 e. The zero-order valence-corrected chi connectivity index (χ0v) is 10.6. The minimum absolute atomic E-state index is 0.132. The molecule has 0 spiro atoms. The molecule has 3 nitrogen and oxygen atoms in total. The van der Waals surface area contributed by atoms with Crippen molar-refractivity contribution in [2.75, 3.05) is 26.2 Å². The summed E-state index contributed by atoms with van der Waals surface area (Å²) in [6, 6.07) is 10.3. The summed E-state index contributed by atoms with van der Waals surface area (Å²) in [7, 11) is 0. The molecule has 0 amide bonds. The van der Waals surface area contributed by atoms with E-state index in [1.807, 2.05) is 32.0 Å². The third-order valence-corrected chi connectivity index (χ3v) is 2.93. The number of nitrogens with zero attached hydrogens (tertiary/aromatic N) is 1. The number of aliphatic hydroxyl groups is 1. The lowest BCUT2D eigenvalue weighted by Crippen LogP contribution is -2.45. The molecular formula is C14H21NO2. The summed E-state index contributed by atoms with van der Waals surface area (Å²) in [6.07, 6.45) is 0.132. The topological polar surface area (TPSA) is 32.7 Å². The highest BCUT2D eigenvalue weighted by molar-refractivity contribution is 5.18.